The Kier molecular flexibility index (Phi) is 4.05. The molecule has 1 heterocycles. The number of nitrogens with one attached hydrogen (secondary N) is 2. The minimum absolute atomic E-state index is 0.0375. The molecule has 0 amide bonds. The lowest BCUT2D eigenvalue weighted by Gasteiger charge is -2.12. The fourth-order valence-corrected chi connectivity index (χ4v) is 1.16. The molecule has 4 N–H and O–H groups in total. The van der Waals surface area contributed by atoms with Crippen LogP contribution in [0.2, 0.25) is 0 Å². The Morgan fingerprint density at radius 1 is 1.60 bits per heavy atom. The first-order chi connectivity index (χ1) is 7.11. The summed E-state index contributed by atoms with van der Waals surface area (Å²) in [5, 5.41) is 10.5. The van der Waals surface area contributed by atoms with Crippen molar-refractivity contribution in [3.63, 3.8) is 0 Å². The van der Waals surface area contributed by atoms with Crippen molar-refractivity contribution in [3.8, 4) is 0 Å². The highest BCUT2D eigenvalue weighted by molar-refractivity contribution is 5.99. The van der Waals surface area contributed by atoms with Crippen LogP contribution in [0.4, 0.5) is 5.82 Å². The van der Waals surface area contributed by atoms with Gasteiger partial charge in [-0.3, -0.25) is 5.41 Å². The number of likely N-dealkylation sites (N-methyl/N-ethyl adjacent to an activating group) is 1. The third-order valence-corrected chi connectivity index (χ3v) is 1.95. The highest BCUT2D eigenvalue weighted by Gasteiger charge is 2.04. The quantitative estimate of drug-likeness (QED) is 0.480. The van der Waals surface area contributed by atoms with Crippen molar-refractivity contribution < 1.29 is 0 Å². The lowest BCUT2D eigenvalue weighted by Crippen LogP contribution is -2.23. The van der Waals surface area contributed by atoms with E-state index in [2.05, 4.69) is 15.2 Å². The minimum Gasteiger partial charge on any atom is -0.384 e. The first-order valence-corrected chi connectivity index (χ1v) is 4.79. The van der Waals surface area contributed by atoms with E-state index in [-0.39, 0.29) is 5.84 Å². The fraction of sp³-hybridized carbons (Fsp3) is 0.400. The van der Waals surface area contributed by atoms with Gasteiger partial charge < -0.3 is 16.0 Å². The number of nitrogens with zero attached hydrogens (tertiary/aromatic N) is 2. The van der Waals surface area contributed by atoms with Gasteiger partial charge in [-0.1, -0.05) is 0 Å². The molecular formula is C10H17N5. The number of hydrogen-bond donors (Lipinski definition) is 3. The summed E-state index contributed by atoms with van der Waals surface area (Å²) in [6, 6.07) is 3.56. The normalized spacial score (nSPS) is 10.3. The largest absolute Gasteiger partial charge is 0.384 e. The number of pyridine rings is 1. The van der Waals surface area contributed by atoms with E-state index in [1.54, 1.807) is 18.3 Å². The maximum Gasteiger partial charge on any atom is 0.136 e. The van der Waals surface area contributed by atoms with E-state index in [4.69, 9.17) is 11.1 Å². The molecule has 15 heavy (non-hydrogen) atoms. The molecule has 1 aromatic heterocycles. The molecular weight excluding hydrogens is 190 g/mol. The van der Waals surface area contributed by atoms with E-state index >= 15 is 0 Å². The molecule has 5 heteroatoms. The van der Waals surface area contributed by atoms with Crippen molar-refractivity contribution in [3.05, 3.63) is 23.9 Å². The average Bonchev–Trinajstić information content (AvgIpc) is 2.17. The summed E-state index contributed by atoms with van der Waals surface area (Å²) in [5.74, 6) is 0.710. The highest BCUT2D eigenvalue weighted by Crippen LogP contribution is 2.09. The van der Waals surface area contributed by atoms with Crippen molar-refractivity contribution >= 4 is 11.7 Å². The van der Waals surface area contributed by atoms with Gasteiger partial charge in [0.1, 0.15) is 11.7 Å². The number of nitrogen functional groups attached to an aromatic ring is 1. The average molecular weight is 207 g/mol. The fourth-order valence-electron chi connectivity index (χ4n) is 1.16. The molecule has 0 fully saturated rings. The third kappa shape index (κ3) is 3.55. The molecule has 0 aliphatic carbocycles. The van der Waals surface area contributed by atoms with E-state index in [9.17, 15) is 0 Å². The molecule has 1 aromatic rings. The van der Waals surface area contributed by atoms with E-state index in [1.165, 1.54) is 0 Å². The second-order valence-corrected chi connectivity index (χ2v) is 3.54. The van der Waals surface area contributed by atoms with Gasteiger partial charge in [0.15, 0.2) is 0 Å². The standard InChI is InChI=1S/C10H17N5/c1-15(2)7-6-14-10-8(9(11)12)4-3-5-13-10/h3-5H,6-7H2,1-2H3,(H3,11,12)(H,13,14). The van der Waals surface area contributed by atoms with Gasteiger partial charge in [0.2, 0.25) is 0 Å². The Morgan fingerprint density at radius 2 is 2.33 bits per heavy atom. The van der Waals surface area contributed by atoms with Crippen LogP contribution in [0.25, 0.3) is 0 Å². The van der Waals surface area contributed by atoms with Crippen LogP contribution >= 0.6 is 0 Å². The zero-order valence-electron chi connectivity index (χ0n) is 9.12. The number of anilines is 1. The summed E-state index contributed by atoms with van der Waals surface area (Å²) in [7, 11) is 4.01. The Hall–Kier alpha value is -1.62. The lowest BCUT2D eigenvalue weighted by molar-refractivity contribution is 0.425. The second-order valence-electron chi connectivity index (χ2n) is 3.54. The van der Waals surface area contributed by atoms with Crippen molar-refractivity contribution in [2.75, 3.05) is 32.5 Å². The number of amidine groups is 1. The molecule has 5 nitrogen and oxygen atoms in total. The second kappa shape index (κ2) is 5.31. The number of nitrogens with two attached hydrogens (primary N) is 1. The summed E-state index contributed by atoms with van der Waals surface area (Å²) in [4.78, 5) is 6.22. The molecule has 0 radical (unpaired) electrons. The molecule has 82 valence electrons. The monoisotopic (exact) mass is 207 g/mol. The molecule has 0 aliphatic heterocycles. The van der Waals surface area contributed by atoms with Gasteiger partial charge in [-0.25, -0.2) is 4.98 Å². The van der Waals surface area contributed by atoms with Crippen LogP contribution in [0, 0.1) is 5.41 Å². The zero-order chi connectivity index (χ0) is 11.3. The van der Waals surface area contributed by atoms with Gasteiger partial charge in [-0.2, -0.15) is 0 Å². The molecule has 0 aliphatic rings. The van der Waals surface area contributed by atoms with Crippen molar-refractivity contribution in [1.29, 1.82) is 5.41 Å². The molecule has 1 rings (SSSR count). The van der Waals surface area contributed by atoms with E-state index in [1.807, 2.05) is 14.1 Å². The van der Waals surface area contributed by atoms with Crippen LogP contribution in [-0.4, -0.2) is 42.9 Å². The molecule has 0 saturated heterocycles. The van der Waals surface area contributed by atoms with Gasteiger partial charge >= 0.3 is 0 Å². The van der Waals surface area contributed by atoms with E-state index in [0.717, 1.165) is 13.1 Å². The summed E-state index contributed by atoms with van der Waals surface area (Å²) < 4.78 is 0. The van der Waals surface area contributed by atoms with Crippen molar-refractivity contribution in [2.45, 2.75) is 0 Å². The van der Waals surface area contributed by atoms with Crippen LogP contribution < -0.4 is 11.1 Å². The minimum atomic E-state index is 0.0375. The van der Waals surface area contributed by atoms with Gasteiger partial charge in [-0.15, -0.1) is 0 Å². The topological polar surface area (TPSA) is 78.0 Å². The summed E-state index contributed by atoms with van der Waals surface area (Å²) in [6.45, 7) is 1.69. The summed E-state index contributed by atoms with van der Waals surface area (Å²) in [6.07, 6.45) is 1.68. The maximum absolute atomic E-state index is 7.38. The number of hydrogen-bond acceptors (Lipinski definition) is 4. The Bertz CT molecular complexity index is 334. The van der Waals surface area contributed by atoms with Gasteiger partial charge in [0, 0.05) is 19.3 Å². The zero-order valence-corrected chi connectivity index (χ0v) is 9.12. The van der Waals surface area contributed by atoms with Gasteiger partial charge in [0.05, 0.1) is 5.56 Å². The Labute approximate surface area is 89.8 Å². The van der Waals surface area contributed by atoms with Crippen LogP contribution in [0.3, 0.4) is 0 Å². The van der Waals surface area contributed by atoms with Gasteiger partial charge in [-0.05, 0) is 26.2 Å². The Balaban J connectivity index is 2.63. The van der Waals surface area contributed by atoms with Crippen LogP contribution in [-0.2, 0) is 0 Å². The number of aromatic nitrogens is 1. The number of rotatable bonds is 5. The predicted octanol–water partition coefficient (Wildman–Crippen LogP) is 0.339. The van der Waals surface area contributed by atoms with Crippen LogP contribution in [0.1, 0.15) is 5.56 Å². The molecule has 0 bridgehead atoms. The van der Waals surface area contributed by atoms with Crippen LogP contribution in [0.15, 0.2) is 18.3 Å². The smallest absolute Gasteiger partial charge is 0.136 e. The maximum atomic E-state index is 7.38. The summed E-state index contributed by atoms with van der Waals surface area (Å²) >= 11 is 0. The van der Waals surface area contributed by atoms with Crippen molar-refractivity contribution in [1.82, 2.24) is 9.88 Å². The van der Waals surface area contributed by atoms with Crippen molar-refractivity contribution in [2.24, 2.45) is 5.73 Å². The molecule has 0 spiro atoms. The van der Waals surface area contributed by atoms with Crippen LogP contribution in [0.5, 0.6) is 0 Å². The Morgan fingerprint density at radius 3 is 2.93 bits per heavy atom. The van der Waals surface area contributed by atoms with Gasteiger partial charge in [0.25, 0.3) is 0 Å². The van der Waals surface area contributed by atoms with E-state index < -0.39 is 0 Å². The molecule has 0 aromatic carbocycles. The first kappa shape index (κ1) is 11.5. The summed E-state index contributed by atoms with van der Waals surface area (Å²) in [5.41, 5.74) is 6.09. The van der Waals surface area contributed by atoms with E-state index in [0.29, 0.717) is 11.4 Å². The molecule has 0 saturated carbocycles. The third-order valence-electron chi connectivity index (χ3n) is 1.95. The molecule has 0 atom stereocenters. The lowest BCUT2D eigenvalue weighted by atomic mass is 10.2. The predicted molar refractivity (Wildman–Crippen MR) is 62.3 cm³/mol. The SMILES string of the molecule is CN(C)CCNc1ncccc1C(=N)N. The molecule has 0 unspecified atom stereocenters. The first-order valence-electron chi connectivity index (χ1n) is 4.79. The highest BCUT2D eigenvalue weighted by atomic mass is 15.1.